The summed E-state index contributed by atoms with van der Waals surface area (Å²) in [5.74, 6) is 1.88. The second-order valence-corrected chi connectivity index (χ2v) is 6.40. The van der Waals surface area contributed by atoms with Crippen molar-refractivity contribution in [3.63, 3.8) is 0 Å². The van der Waals surface area contributed by atoms with Crippen LogP contribution in [-0.4, -0.2) is 26.6 Å². The van der Waals surface area contributed by atoms with Gasteiger partial charge in [-0.25, -0.2) is 9.78 Å². The summed E-state index contributed by atoms with van der Waals surface area (Å²) in [6.45, 7) is 0. The number of benzene rings is 2. The highest BCUT2D eigenvalue weighted by molar-refractivity contribution is 5.88. The van der Waals surface area contributed by atoms with Gasteiger partial charge in [0, 0.05) is 23.8 Å². The van der Waals surface area contributed by atoms with E-state index in [1.165, 1.54) is 0 Å². The van der Waals surface area contributed by atoms with Gasteiger partial charge in [0.05, 0.1) is 18.3 Å². The fraction of sp³-hybridized carbons (Fsp3) is 0.0455. The van der Waals surface area contributed by atoms with E-state index in [1.54, 1.807) is 36.2 Å². The summed E-state index contributed by atoms with van der Waals surface area (Å²) in [5, 5.41) is 0.808. The molecule has 0 aliphatic carbocycles. The molecule has 29 heavy (non-hydrogen) atoms. The Hall–Kier alpha value is -4.13. The van der Waals surface area contributed by atoms with Crippen LogP contribution in [0.2, 0.25) is 0 Å². The fourth-order valence-corrected chi connectivity index (χ4v) is 3.37. The zero-order valence-electron chi connectivity index (χ0n) is 15.5. The zero-order valence-corrected chi connectivity index (χ0v) is 15.5. The summed E-state index contributed by atoms with van der Waals surface area (Å²) in [6, 6.07) is 18.5. The van der Waals surface area contributed by atoms with E-state index in [9.17, 15) is 4.79 Å². The molecule has 0 fully saturated rings. The van der Waals surface area contributed by atoms with Crippen LogP contribution in [0.15, 0.2) is 77.9 Å². The van der Waals surface area contributed by atoms with E-state index in [0.29, 0.717) is 34.1 Å². The van der Waals surface area contributed by atoms with Crippen LogP contribution in [0, 0.1) is 0 Å². The Morgan fingerprint density at radius 1 is 0.931 bits per heavy atom. The highest BCUT2D eigenvalue weighted by Gasteiger charge is 2.16. The molecule has 0 unspecified atom stereocenters. The molecule has 5 aromatic rings. The molecule has 1 N–H and O–H groups in total. The van der Waals surface area contributed by atoms with Crippen LogP contribution < -0.4 is 15.2 Å². The number of aromatic amines is 1. The Kier molecular flexibility index (Phi) is 3.98. The monoisotopic (exact) mass is 384 g/mol. The Bertz CT molecular complexity index is 1390. The van der Waals surface area contributed by atoms with E-state index in [-0.39, 0.29) is 5.69 Å². The quantitative estimate of drug-likeness (QED) is 0.505. The largest absolute Gasteiger partial charge is 0.496 e. The van der Waals surface area contributed by atoms with Crippen molar-refractivity contribution in [3.8, 4) is 22.9 Å². The third kappa shape index (κ3) is 2.89. The number of nitrogens with one attached hydrogen (secondary N) is 1. The topological polar surface area (TPSA) is 82.0 Å². The second kappa shape index (κ2) is 6.79. The number of hydrogen-bond acceptors (Lipinski definition) is 5. The van der Waals surface area contributed by atoms with Gasteiger partial charge in [0.1, 0.15) is 17.0 Å². The third-order valence-corrected chi connectivity index (χ3v) is 4.67. The maximum Gasteiger partial charge on any atom is 0.332 e. The molecule has 7 nitrogen and oxygen atoms in total. The average molecular weight is 384 g/mol. The molecule has 3 heterocycles. The molecular formula is C22H16N4O3. The van der Waals surface area contributed by atoms with Crippen LogP contribution in [0.25, 0.3) is 27.8 Å². The van der Waals surface area contributed by atoms with Crippen molar-refractivity contribution in [1.29, 1.82) is 0 Å². The van der Waals surface area contributed by atoms with Crippen molar-refractivity contribution in [1.82, 2.24) is 19.5 Å². The van der Waals surface area contributed by atoms with Crippen molar-refractivity contribution in [2.45, 2.75) is 0 Å². The first-order chi connectivity index (χ1) is 14.2. The minimum Gasteiger partial charge on any atom is -0.496 e. The number of para-hydroxylation sites is 1. The second-order valence-electron chi connectivity index (χ2n) is 6.40. The summed E-state index contributed by atoms with van der Waals surface area (Å²) >= 11 is 0. The number of aromatic nitrogens is 4. The highest BCUT2D eigenvalue weighted by atomic mass is 16.5. The first-order valence-corrected chi connectivity index (χ1v) is 9.00. The molecule has 0 aliphatic rings. The number of fused-ring (bicyclic) bond motifs is 2. The molecule has 0 saturated heterocycles. The van der Waals surface area contributed by atoms with E-state index in [2.05, 4.69) is 15.0 Å². The summed E-state index contributed by atoms with van der Waals surface area (Å²) in [4.78, 5) is 24.2. The average Bonchev–Trinajstić information content (AvgIpc) is 3.10. The van der Waals surface area contributed by atoms with Gasteiger partial charge in [-0.1, -0.05) is 18.2 Å². The lowest BCUT2D eigenvalue weighted by molar-refractivity contribution is 0.419. The molecule has 7 heteroatoms. The summed E-state index contributed by atoms with van der Waals surface area (Å²) in [6.07, 6.45) is 3.29. The fourth-order valence-electron chi connectivity index (χ4n) is 3.37. The molecule has 5 rings (SSSR count). The van der Waals surface area contributed by atoms with Crippen LogP contribution in [0.5, 0.6) is 17.2 Å². The van der Waals surface area contributed by atoms with Crippen molar-refractivity contribution < 1.29 is 9.47 Å². The summed E-state index contributed by atoms with van der Waals surface area (Å²) in [5.41, 5.74) is 2.13. The molecule has 0 atom stereocenters. The molecule has 2 aromatic carbocycles. The number of pyridine rings is 2. The van der Waals surface area contributed by atoms with Gasteiger partial charge in [0.25, 0.3) is 0 Å². The molecule has 142 valence electrons. The molecule has 0 spiro atoms. The minimum atomic E-state index is -0.307. The van der Waals surface area contributed by atoms with Crippen molar-refractivity contribution in [2.75, 3.05) is 7.11 Å². The maximum absolute atomic E-state index is 12.8. The number of methoxy groups -OCH3 is 1. The number of rotatable bonds is 4. The first-order valence-electron chi connectivity index (χ1n) is 9.00. The third-order valence-electron chi connectivity index (χ3n) is 4.67. The van der Waals surface area contributed by atoms with Gasteiger partial charge in [0.2, 0.25) is 0 Å². The molecular weight excluding hydrogens is 368 g/mol. The van der Waals surface area contributed by atoms with Crippen molar-refractivity contribution in [3.05, 3.63) is 83.5 Å². The highest BCUT2D eigenvalue weighted by Crippen LogP contribution is 2.31. The molecule has 0 saturated carbocycles. The maximum atomic E-state index is 12.8. The number of H-pyrrole nitrogens is 1. The molecule has 0 bridgehead atoms. The Morgan fingerprint density at radius 3 is 2.55 bits per heavy atom. The number of imidazole rings is 1. The molecule has 3 aromatic heterocycles. The molecule has 0 amide bonds. The van der Waals surface area contributed by atoms with Gasteiger partial charge in [0.15, 0.2) is 11.4 Å². The van der Waals surface area contributed by atoms with Crippen LogP contribution in [0.3, 0.4) is 0 Å². The van der Waals surface area contributed by atoms with E-state index < -0.39 is 0 Å². The standard InChI is InChI=1S/C22H16N4O3/c1-28-18-9-11-23-17-8-7-14(13-16(17)18)26-20-19(29-15-5-3-2-4-6-15)10-12-24-21(20)25-22(26)27/h2-13H,1H3,(H,24,25,27). The van der Waals surface area contributed by atoms with Gasteiger partial charge in [-0.3, -0.25) is 14.5 Å². The lowest BCUT2D eigenvalue weighted by Gasteiger charge is -2.11. The van der Waals surface area contributed by atoms with E-state index in [4.69, 9.17) is 9.47 Å². The lowest BCUT2D eigenvalue weighted by Crippen LogP contribution is -2.14. The van der Waals surface area contributed by atoms with Gasteiger partial charge < -0.3 is 9.47 Å². The van der Waals surface area contributed by atoms with E-state index in [1.807, 2.05) is 48.5 Å². The van der Waals surface area contributed by atoms with Gasteiger partial charge >= 0.3 is 5.69 Å². The zero-order chi connectivity index (χ0) is 19.8. The Morgan fingerprint density at radius 2 is 1.72 bits per heavy atom. The predicted molar refractivity (Wildman–Crippen MR) is 110 cm³/mol. The summed E-state index contributed by atoms with van der Waals surface area (Å²) < 4.78 is 13.0. The first kappa shape index (κ1) is 17.0. The normalized spacial score (nSPS) is 11.1. The van der Waals surface area contributed by atoms with E-state index >= 15 is 0 Å². The number of ether oxygens (including phenoxy) is 2. The van der Waals surface area contributed by atoms with Gasteiger partial charge in [-0.15, -0.1) is 0 Å². The van der Waals surface area contributed by atoms with Crippen LogP contribution in [0.4, 0.5) is 0 Å². The van der Waals surface area contributed by atoms with Crippen LogP contribution >= 0.6 is 0 Å². The predicted octanol–water partition coefficient (Wildman–Crippen LogP) is 4.06. The van der Waals surface area contributed by atoms with Gasteiger partial charge in [-0.2, -0.15) is 0 Å². The van der Waals surface area contributed by atoms with Crippen LogP contribution in [-0.2, 0) is 0 Å². The molecule has 0 radical (unpaired) electrons. The van der Waals surface area contributed by atoms with E-state index in [0.717, 1.165) is 10.9 Å². The van der Waals surface area contributed by atoms with Crippen LogP contribution in [0.1, 0.15) is 0 Å². The Labute approximate surface area is 165 Å². The Balaban J connectivity index is 1.74. The lowest BCUT2D eigenvalue weighted by atomic mass is 10.2. The SMILES string of the molecule is COc1ccnc2ccc(-n3c(=O)[nH]c4nccc(Oc5ccccc5)c43)cc12. The van der Waals surface area contributed by atoms with Crippen molar-refractivity contribution in [2.24, 2.45) is 0 Å². The number of hydrogen-bond donors (Lipinski definition) is 1. The van der Waals surface area contributed by atoms with Crippen molar-refractivity contribution >= 4 is 22.1 Å². The summed E-state index contributed by atoms with van der Waals surface area (Å²) in [7, 11) is 1.61. The number of nitrogens with zero attached hydrogens (tertiary/aromatic N) is 3. The minimum absolute atomic E-state index is 0.307. The smallest absolute Gasteiger partial charge is 0.332 e. The van der Waals surface area contributed by atoms with Gasteiger partial charge in [-0.05, 0) is 36.4 Å². The molecule has 0 aliphatic heterocycles.